The highest BCUT2D eigenvalue weighted by Gasteiger charge is 2.07. The highest BCUT2D eigenvalue weighted by Crippen LogP contribution is 2.23. The van der Waals surface area contributed by atoms with E-state index in [0.29, 0.717) is 5.57 Å². The summed E-state index contributed by atoms with van der Waals surface area (Å²) < 4.78 is 0. The molecule has 2 aromatic rings. The molecule has 0 radical (unpaired) electrons. The number of amides is 1. The van der Waals surface area contributed by atoms with E-state index in [0.717, 1.165) is 22.3 Å². The van der Waals surface area contributed by atoms with Crippen molar-refractivity contribution in [3.63, 3.8) is 0 Å². The molecule has 0 bridgehead atoms. The van der Waals surface area contributed by atoms with E-state index in [9.17, 15) is 4.79 Å². The van der Waals surface area contributed by atoms with Gasteiger partial charge in [0.05, 0.1) is 11.2 Å². The smallest absolute Gasteiger partial charge is 0.250 e. The highest BCUT2D eigenvalue weighted by atomic mass is 16.1. The zero-order valence-electron chi connectivity index (χ0n) is 9.95. The number of nitrogens with one attached hydrogen (secondary N) is 1. The van der Waals surface area contributed by atoms with Crippen molar-refractivity contribution >= 4 is 22.5 Å². The van der Waals surface area contributed by atoms with Gasteiger partial charge < -0.3 is 5.32 Å². The third-order valence-electron chi connectivity index (χ3n) is 2.48. The van der Waals surface area contributed by atoms with Crippen LogP contribution in [0.25, 0.3) is 10.9 Å². The quantitative estimate of drug-likeness (QED) is 0.800. The summed E-state index contributed by atoms with van der Waals surface area (Å²) in [7, 11) is 0. The zero-order chi connectivity index (χ0) is 12.4. The molecule has 17 heavy (non-hydrogen) atoms. The van der Waals surface area contributed by atoms with Gasteiger partial charge in [-0.3, -0.25) is 9.78 Å². The Labute approximate surface area is 100 Å². The maximum atomic E-state index is 11.6. The van der Waals surface area contributed by atoms with Gasteiger partial charge in [-0.05, 0) is 26.0 Å². The second-order valence-corrected chi connectivity index (χ2v) is 4.06. The molecule has 1 aromatic carbocycles. The molecule has 0 saturated heterocycles. The largest absolute Gasteiger partial charge is 0.322 e. The molecule has 1 amide bonds. The Hall–Kier alpha value is -2.16. The third kappa shape index (κ3) is 2.33. The van der Waals surface area contributed by atoms with Gasteiger partial charge in [-0.25, -0.2) is 0 Å². The number of para-hydroxylation sites is 1. The average Bonchev–Trinajstić information content (AvgIpc) is 2.28. The fraction of sp³-hybridized carbons (Fsp3) is 0.143. The van der Waals surface area contributed by atoms with Gasteiger partial charge in [0.15, 0.2) is 0 Å². The van der Waals surface area contributed by atoms with E-state index in [1.54, 1.807) is 6.92 Å². The Kier molecular flexibility index (Phi) is 2.91. The molecule has 0 atom stereocenters. The van der Waals surface area contributed by atoms with E-state index in [1.165, 1.54) is 0 Å². The lowest BCUT2D eigenvalue weighted by molar-refractivity contribution is -0.112. The molecule has 3 nitrogen and oxygen atoms in total. The van der Waals surface area contributed by atoms with Crippen molar-refractivity contribution in [3.8, 4) is 0 Å². The average molecular weight is 226 g/mol. The lowest BCUT2D eigenvalue weighted by Gasteiger charge is -2.09. The number of carbonyl (C=O) groups excluding carboxylic acids is 1. The van der Waals surface area contributed by atoms with E-state index in [4.69, 9.17) is 0 Å². The zero-order valence-corrected chi connectivity index (χ0v) is 9.95. The summed E-state index contributed by atoms with van der Waals surface area (Å²) in [4.78, 5) is 16.1. The molecular formula is C14H14N2O. The molecule has 0 unspecified atom stereocenters. The number of fused-ring (bicyclic) bond motifs is 1. The maximum absolute atomic E-state index is 11.6. The molecule has 0 spiro atoms. The molecule has 1 N–H and O–H groups in total. The van der Waals surface area contributed by atoms with Gasteiger partial charge in [0.2, 0.25) is 0 Å². The lowest BCUT2D eigenvalue weighted by atomic mass is 10.1. The summed E-state index contributed by atoms with van der Waals surface area (Å²) in [5.41, 5.74) is 3.02. The maximum Gasteiger partial charge on any atom is 0.250 e. The molecule has 86 valence electrons. The minimum absolute atomic E-state index is 0.166. The summed E-state index contributed by atoms with van der Waals surface area (Å²) in [5.74, 6) is -0.166. The van der Waals surface area contributed by atoms with Gasteiger partial charge in [-0.15, -0.1) is 0 Å². The van der Waals surface area contributed by atoms with E-state index in [1.807, 2.05) is 37.3 Å². The van der Waals surface area contributed by atoms with Crippen molar-refractivity contribution < 1.29 is 4.79 Å². The Balaban J connectivity index is 2.52. The number of aryl methyl sites for hydroxylation is 1. The summed E-state index contributed by atoms with van der Waals surface area (Å²) in [5, 5.41) is 3.78. The highest BCUT2D eigenvalue weighted by molar-refractivity contribution is 6.07. The minimum Gasteiger partial charge on any atom is -0.322 e. The Morgan fingerprint density at radius 1 is 1.35 bits per heavy atom. The van der Waals surface area contributed by atoms with Gasteiger partial charge in [0.1, 0.15) is 0 Å². The van der Waals surface area contributed by atoms with Gasteiger partial charge in [-0.1, -0.05) is 24.8 Å². The monoisotopic (exact) mass is 226 g/mol. The fourth-order valence-electron chi connectivity index (χ4n) is 1.64. The molecule has 3 heteroatoms. The summed E-state index contributed by atoms with van der Waals surface area (Å²) >= 11 is 0. The topological polar surface area (TPSA) is 42.0 Å². The molecule has 1 heterocycles. The summed E-state index contributed by atoms with van der Waals surface area (Å²) in [6, 6.07) is 9.59. The first kappa shape index (κ1) is 11.3. The number of nitrogens with zero attached hydrogens (tertiary/aromatic N) is 1. The Bertz CT molecular complexity index is 602. The van der Waals surface area contributed by atoms with Crippen LogP contribution in [0.5, 0.6) is 0 Å². The third-order valence-corrected chi connectivity index (χ3v) is 2.48. The minimum atomic E-state index is -0.166. The fourth-order valence-corrected chi connectivity index (χ4v) is 1.64. The van der Waals surface area contributed by atoms with Crippen LogP contribution >= 0.6 is 0 Å². The molecule has 0 aliphatic carbocycles. The van der Waals surface area contributed by atoms with Crippen molar-refractivity contribution in [2.24, 2.45) is 0 Å². The van der Waals surface area contributed by atoms with E-state index >= 15 is 0 Å². The van der Waals surface area contributed by atoms with Crippen LogP contribution in [0.2, 0.25) is 0 Å². The van der Waals surface area contributed by atoms with Gasteiger partial charge in [0, 0.05) is 16.7 Å². The Morgan fingerprint density at radius 3 is 2.76 bits per heavy atom. The van der Waals surface area contributed by atoms with Crippen molar-refractivity contribution in [2.75, 3.05) is 5.32 Å². The lowest BCUT2D eigenvalue weighted by Crippen LogP contribution is -2.12. The predicted octanol–water partition coefficient (Wildman–Crippen LogP) is 3.06. The molecule has 0 aliphatic heterocycles. The van der Waals surface area contributed by atoms with Crippen LogP contribution in [0.15, 0.2) is 42.5 Å². The summed E-state index contributed by atoms with van der Waals surface area (Å²) in [6.45, 7) is 7.22. The molecule has 0 fully saturated rings. The van der Waals surface area contributed by atoms with Crippen LogP contribution in [0.1, 0.15) is 12.6 Å². The molecule has 0 saturated carbocycles. The van der Waals surface area contributed by atoms with Crippen LogP contribution in [0, 0.1) is 6.92 Å². The van der Waals surface area contributed by atoms with Crippen LogP contribution in [0.3, 0.4) is 0 Å². The van der Waals surface area contributed by atoms with Gasteiger partial charge in [-0.2, -0.15) is 0 Å². The van der Waals surface area contributed by atoms with Crippen LogP contribution in [-0.2, 0) is 4.79 Å². The first-order chi connectivity index (χ1) is 8.08. The molecular weight excluding hydrogens is 212 g/mol. The number of benzene rings is 1. The van der Waals surface area contributed by atoms with Crippen molar-refractivity contribution in [2.45, 2.75) is 13.8 Å². The second kappa shape index (κ2) is 4.37. The number of hydrogen-bond acceptors (Lipinski definition) is 2. The first-order valence-corrected chi connectivity index (χ1v) is 5.41. The van der Waals surface area contributed by atoms with E-state index < -0.39 is 0 Å². The summed E-state index contributed by atoms with van der Waals surface area (Å²) in [6.07, 6.45) is 0. The molecule has 2 rings (SSSR count). The number of aromatic nitrogens is 1. The SMILES string of the molecule is C=C(C)C(=O)Nc1cc(C)nc2ccccc12. The van der Waals surface area contributed by atoms with Crippen molar-refractivity contribution in [1.82, 2.24) is 4.98 Å². The number of hydrogen-bond donors (Lipinski definition) is 1. The second-order valence-electron chi connectivity index (χ2n) is 4.06. The van der Waals surface area contributed by atoms with Gasteiger partial charge in [0.25, 0.3) is 5.91 Å². The van der Waals surface area contributed by atoms with Crippen LogP contribution < -0.4 is 5.32 Å². The van der Waals surface area contributed by atoms with E-state index in [2.05, 4.69) is 16.9 Å². The number of pyridine rings is 1. The standard InChI is InChI=1S/C14H14N2O/c1-9(2)14(17)16-13-8-10(3)15-12-7-5-4-6-11(12)13/h4-8H,1H2,2-3H3,(H,15,16,17). The molecule has 0 aliphatic rings. The number of carbonyl (C=O) groups is 1. The predicted molar refractivity (Wildman–Crippen MR) is 69.9 cm³/mol. The number of rotatable bonds is 2. The van der Waals surface area contributed by atoms with Crippen molar-refractivity contribution in [3.05, 3.63) is 48.2 Å². The van der Waals surface area contributed by atoms with Crippen LogP contribution in [0.4, 0.5) is 5.69 Å². The van der Waals surface area contributed by atoms with Crippen LogP contribution in [-0.4, -0.2) is 10.9 Å². The number of anilines is 1. The molecule has 1 aromatic heterocycles. The first-order valence-electron chi connectivity index (χ1n) is 5.41. The van der Waals surface area contributed by atoms with Crippen molar-refractivity contribution in [1.29, 1.82) is 0 Å². The normalized spacial score (nSPS) is 10.2. The van der Waals surface area contributed by atoms with Gasteiger partial charge >= 0.3 is 0 Å². The Morgan fingerprint density at radius 2 is 2.06 bits per heavy atom. The van der Waals surface area contributed by atoms with E-state index in [-0.39, 0.29) is 5.91 Å².